The van der Waals surface area contributed by atoms with Crippen LogP contribution in [0.15, 0.2) is 6.07 Å². The van der Waals surface area contributed by atoms with Crippen LogP contribution in [0.5, 0.6) is 0 Å². The Kier molecular flexibility index (Phi) is 2.09. The van der Waals surface area contributed by atoms with E-state index in [0.717, 1.165) is 18.1 Å². The maximum absolute atomic E-state index is 5.81. The van der Waals surface area contributed by atoms with Gasteiger partial charge in [0.25, 0.3) is 0 Å². The van der Waals surface area contributed by atoms with Crippen LogP contribution < -0.4 is 11.1 Å². The Hall–Kier alpha value is -1.16. The Labute approximate surface area is 89.3 Å². The van der Waals surface area contributed by atoms with Crippen molar-refractivity contribution in [3.05, 3.63) is 17.6 Å². The van der Waals surface area contributed by atoms with E-state index in [4.69, 9.17) is 5.73 Å². The van der Waals surface area contributed by atoms with Crippen LogP contribution in [0.3, 0.4) is 0 Å². The number of nitrogens with one attached hydrogen (secondary N) is 1. The topological polar surface area (TPSA) is 63.8 Å². The highest BCUT2D eigenvalue weighted by molar-refractivity contribution is 5.32. The lowest BCUT2D eigenvalue weighted by atomic mass is 10.1. The second-order valence-electron chi connectivity index (χ2n) is 4.50. The normalized spacial score (nSPS) is 25.7. The van der Waals surface area contributed by atoms with E-state index in [0.29, 0.717) is 17.8 Å². The summed E-state index contributed by atoms with van der Waals surface area (Å²) in [6.07, 6.45) is 4.84. The summed E-state index contributed by atoms with van der Waals surface area (Å²) in [4.78, 5) is 8.93. The van der Waals surface area contributed by atoms with Gasteiger partial charge in [0.1, 0.15) is 11.6 Å². The number of aromatic nitrogens is 2. The van der Waals surface area contributed by atoms with Gasteiger partial charge in [-0.2, -0.15) is 0 Å². The third-order valence-electron chi connectivity index (χ3n) is 3.14. The molecule has 4 heteroatoms. The van der Waals surface area contributed by atoms with E-state index in [-0.39, 0.29) is 0 Å². The van der Waals surface area contributed by atoms with Crippen LogP contribution in [-0.2, 0) is 0 Å². The average molecular weight is 204 g/mol. The van der Waals surface area contributed by atoms with Gasteiger partial charge in [0, 0.05) is 18.0 Å². The molecule has 0 amide bonds. The number of nitrogens with two attached hydrogens (primary N) is 1. The third kappa shape index (κ3) is 1.81. The second-order valence-corrected chi connectivity index (χ2v) is 4.50. The Morgan fingerprint density at radius 2 is 2.13 bits per heavy atom. The predicted octanol–water partition coefficient (Wildman–Crippen LogP) is 1.36. The monoisotopic (exact) mass is 204 g/mol. The molecule has 0 unspecified atom stereocenters. The lowest BCUT2D eigenvalue weighted by Crippen LogP contribution is -2.16. The Bertz CT molecular complexity index is 367. The van der Waals surface area contributed by atoms with E-state index in [1.54, 1.807) is 0 Å². The molecule has 1 aromatic heterocycles. The highest BCUT2D eigenvalue weighted by atomic mass is 15.0. The molecule has 1 aromatic rings. The first kappa shape index (κ1) is 9.09. The number of rotatable bonds is 2. The number of hydrogen-bond acceptors (Lipinski definition) is 4. The molecule has 3 N–H and O–H groups in total. The van der Waals surface area contributed by atoms with E-state index in [1.165, 1.54) is 25.7 Å². The first-order chi connectivity index (χ1) is 7.33. The lowest BCUT2D eigenvalue weighted by Gasteiger charge is -2.11. The summed E-state index contributed by atoms with van der Waals surface area (Å²) >= 11 is 0. The molecule has 1 saturated heterocycles. The van der Waals surface area contributed by atoms with Crippen LogP contribution in [0.2, 0.25) is 0 Å². The molecule has 1 atom stereocenters. The maximum atomic E-state index is 5.81. The number of hydrogen-bond donors (Lipinski definition) is 2. The summed E-state index contributed by atoms with van der Waals surface area (Å²) in [5.74, 6) is 2.16. The van der Waals surface area contributed by atoms with E-state index in [2.05, 4.69) is 15.3 Å². The predicted molar refractivity (Wildman–Crippen MR) is 58.4 cm³/mol. The van der Waals surface area contributed by atoms with Crippen molar-refractivity contribution in [2.24, 2.45) is 0 Å². The summed E-state index contributed by atoms with van der Waals surface area (Å²) in [6, 6.07) is 2.31. The van der Waals surface area contributed by atoms with Gasteiger partial charge < -0.3 is 11.1 Å². The number of nitrogens with zero attached hydrogens (tertiary/aromatic N) is 2. The Morgan fingerprint density at radius 3 is 2.80 bits per heavy atom. The van der Waals surface area contributed by atoms with Crippen LogP contribution in [0, 0.1) is 0 Å². The van der Waals surface area contributed by atoms with Gasteiger partial charge in [-0.25, -0.2) is 9.97 Å². The van der Waals surface area contributed by atoms with Crippen LogP contribution >= 0.6 is 0 Å². The fraction of sp³-hybridized carbons (Fsp3) is 0.636. The van der Waals surface area contributed by atoms with Crippen molar-refractivity contribution in [2.45, 2.75) is 37.6 Å². The van der Waals surface area contributed by atoms with Crippen molar-refractivity contribution in [2.75, 3.05) is 12.3 Å². The molecule has 80 valence electrons. The fourth-order valence-electron chi connectivity index (χ4n) is 2.15. The van der Waals surface area contributed by atoms with Crippen LogP contribution in [0.1, 0.15) is 49.2 Å². The third-order valence-corrected chi connectivity index (χ3v) is 3.14. The average Bonchev–Trinajstić information content (AvgIpc) is 2.93. The molecule has 1 aliphatic carbocycles. The molecule has 4 nitrogen and oxygen atoms in total. The Balaban J connectivity index is 1.91. The molecular formula is C11H16N4. The maximum Gasteiger partial charge on any atom is 0.134 e. The number of nitrogen functional groups attached to an aromatic ring is 1. The van der Waals surface area contributed by atoms with Crippen LogP contribution in [0.4, 0.5) is 5.82 Å². The summed E-state index contributed by atoms with van der Waals surface area (Å²) in [5.41, 5.74) is 6.90. The quantitative estimate of drug-likeness (QED) is 0.763. The summed E-state index contributed by atoms with van der Waals surface area (Å²) < 4.78 is 0. The van der Waals surface area contributed by atoms with Gasteiger partial charge >= 0.3 is 0 Å². The molecule has 2 aliphatic rings. The first-order valence-electron chi connectivity index (χ1n) is 5.70. The summed E-state index contributed by atoms with van der Waals surface area (Å²) in [7, 11) is 0. The molecule has 0 aromatic carbocycles. The minimum atomic E-state index is 0.396. The van der Waals surface area contributed by atoms with Crippen LogP contribution in [0.25, 0.3) is 0 Å². The molecule has 2 heterocycles. The minimum Gasteiger partial charge on any atom is -0.384 e. The standard InChI is InChI=1S/C11H16N4/c12-10-6-9(8-2-1-5-13-8)14-11(15-10)7-3-4-7/h6-8,13H,1-5H2,(H2,12,14,15)/t8-/m0/s1. The zero-order valence-corrected chi connectivity index (χ0v) is 8.74. The molecule has 1 aliphatic heterocycles. The number of anilines is 1. The smallest absolute Gasteiger partial charge is 0.134 e. The largest absolute Gasteiger partial charge is 0.384 e. The van der Waals surface area contributed by atoms with Crippen molar-refractivity contribution < 1.29 is 0 Å². The first-order valence-corrected chi connectivity index (χ1v) is 5.70. The fourth-order valence-corrected chi connectivity index (χ4v) is 2.15. The van der Waals surface area contributed by atoms with Crippen molar-refractivity contribution >= 4 is 5.82 Å². The van der Waals surface area contributed by atoms with Gasteiger partial charge in [0.05, 0.1) is 5.69 Å². The molecule has 0 radical (unpaired) electrons. The van der Waals surface area contributed by atoms with E-state index >= 15 is 0 Å². The molecule has 2 fully saturated rings. The Morgan fingerprint density at radius 1 is 1.27 bits per heavy atom. The van der Waals surface area contributed by atoms with Crippen LogP contribution in [-0.4, -0.2) is 16.5 Å². The van der Waals surface area contributed by atoms with Gasteiger partial charge in [-0.3, -0.25) is 0 Å². The zero-order valence-electron chi connectivity index (χ0n) is 8.74. The van der Waals surface area contributed by atoms with Gasteiger partial charge in [-0.1, -0.05) is 0 Å². The molecule has 15 heavy (non-hydrogen) atoms. The second kappa shape index (κ2) is 3.45. The van der Waals surface area contributed by atoms with E-state index in [9.17, 15) is 0 Å². The molecule has 0 bridgehead atoms. The summed E-state index contributed by atoms with van der Waals surface area (Å²) in [6.45, 7) is 1.09. The molecule has 1 saturated carbocycles. The lowest BCUT2D eigenvalue weighted by molar-refractivity contribution is 0.620. The molecular weight excluding hydrogens is 188 g/mol. The highest BCUT2D eigenvalue weighted by Gasteiger charge is 2.28. The van der Waals surface area contributed by atoms with E-state index in [1.807, 2.05) is 6.07 Å². The van der Waals surface area contributed by atoms with Gasteiger partial charge in [0.2, 0.25) is 0 Å². The van der Waals surface area contributed by atoms with Crippen molar-refractivity contribution in [3.8, 4) is 0 Å². The van der Waals surface area contributed by atoms with Crippen molar-refractivity contribution in [1.29, 1.82) is 0 Å². The highest BCUT2D eigenvalue weighted by Crippen LogP contribution is 2.38. The zero-order chi connectivity index (χ0) is 10.3. The summed E-state index contributed by atoms with van der Waals surface area (Å²) in [5, 5.41) is 3.44. The molecule has 0 spiro atoms. The van der Waals surface area contributed by atoms with Crippen molar-refractivity contribution in [3.63, 3.8) is 0 Å². The minimum absolute atomic E-state index is 0.396. The van der Waals surface area contributed by atoms with Gasteiger partial charge in [-0.15, -0.1) is 0 Å². The van der Waals surface area contributed by atoms with E-state index < -0.39 is 0 Å². The molecule has 3 rings (SSSR count). The SMILES string of the molecule is Nc1cc([C@@H]2CCCN2)nc(C2CC2)n1. The van der Waals surface area contributed by atoms with Crippen molar-refractivity contribution in [1.82, 2.24) is 15.3 Å². The van der Waals surface area contributed by atoms with Gasteiger partial charge in [0.15, 0.2) is 0 Å². The van der Waals surface area contributed by atoms with Gasteiger partial charge in [-0.05, 0) is 32.2 Å².